The number of carbonyl (C=O) groups excluding carboxylic acids is 1. The largest absolute Gasteiger partial charge is 0.541 e. The van der Waals surface area contributed by atoms with Gasteiger partial charge in [0, 0.05) is 19.3 Å². The van der Waals surface area contributed by atoms with Gasteiger partial charge in [0.05, 0.1) is 6.54 Å². The van der Waals surface area contributed by atoms with E-state index in [9.17, 15) is 24.4 Å². The molecule has 0 aliphatic carbocycles. The van der Waals surface area contributed by atoms with Crippen LogP contribution in [0, 0.1) is 0 Å². The maximum absolute atomic E-state index is 13.3. The van der Waals surface area contributed by atoms with E-state index >= 15 is 0 Å². The molecule has 2 amide bonds. The molecule has 4 unspecified atom stereocenters. The second kappa shape index (κ2) is 12.4. The maximum atomic E-state index is 13.3. The lowest BCUT2D eigenvalue weighted by atomic mass is 10.1. The molecule has 0 radical (unpaired) electrons. The first-order valence-corrected chi connectivity index (χ1v) is 12.3. The van der Waals surface area contributed by atoms with Crippen LogP contribution in [0.3, 0.4) is 0 Å². The normalized spacial score (nSPS) is 23.3. The highest BCUT2D eigenvalue weighted by Crippen LogP contribution is 2.37. The van der Waals surface area contributed by atoms with Crippen LogP contribution < -0.4 is 5.73 Å². The van der Waals surface area contributed by atoms with Crippen LogP contribution in [0.5, 0.6) is 0 Å². The fourth-order valence-electron chi connectivity index (χ4n) is 4.17. The number of imide groups is 1. The summed E-state index contributed by atoms with van der Waals surface area (Å²) in [4.78, 5) is 25.4. The zero-order chi connectivity index (χ0) is 22.9. The molecular formula is C22H35N2O6P+2. The van der Waals surface area contributed by atoms with Gasteiger partial charge in [-0.2, -0.15) is 9.28 Å². The number of nitrogens with zero attached hydrogens (tertiary/aromatic N) is 1. The Morgan fingerprint density at radius 3 is 2.52 bits per heavy atom. The van der Waals surface area contributed by atoms with E-state index in [-0.39, 0.29) is 25.4 Å². The summed E-state index contributed by atoms with van der Waals surface area (Å²) < 4.78 is 17.5. The predicted octanol–water partition coefficient (Wildman–Crippen LogP) is 3.79. The Bertz CT molecular complexity index is 747. The van der Waals surface area contributed by atoms with Gasteiger partial charge in [-0.15, -0.1) is 4.52 Å². The molecule has 1 saturated heterocycles. The monoisotopic (exact) mass is 454 g/mol. The van der Waals surface area contributed by atoms with Crippen molar-refractivity contribution in [3.05, 3.63) is 35.9 Å². The molecule has 1 aromatic carbocycles. The van der Waals surface area contributed by atoms with Gasteiger partial charge in [0.25, 0.3) is 5.85 Å². The molecule has 172 valence electrons. The quantitative estimate of drug-likeness (QED) is 0.249. The Labute approximate surface area is 184 Å². The number of hydrogen-bond acceptors (Lipinski definition) is 6. The molecule has 31 heavy (non-hydrogen) atoms. The van der Waals surface area contributed by atoms with E-state index in [4.69, 9.17) is 10.3 Å². The van der Waals surface area contributed by atoms with E-state index in [2.05, 4.69) is 0 Å². The zero-order valence-corrected chi connectivity index (χ0v) is 19.1. The lowest BCUT2D eigenvalue weighted by Gasteiger charge is -2.31. The molecule has 0 spiro atoms. The zero-order valence-electron chi connectivity index (χ0n) is 18.2. The van der Waals surface area contributed by atoms with Crippen molar-refractivity contribution < 1.29 is 33.4 Å². The summed E-state index contributed by atoms with van der Waals surface area (Å²) in [5.41, 5.74) is 6.66. The van der Waals surface area contributed by atoms with Crippen molar-refractivity contribution in [2.75, 3.05) is 13.1 Å². The lowest BCUT2D eigenvalue weighted by Crippen LogP contribution is -2.62. The number of unbranched alkanes of at least 4 members (excludes halogenated alkanes) is 1. The number of amides is 2. The SMILES string of the molecule is CC1CCC[N@@+]1(C(=O)O)C(=O)C(CCCCN)O[P+](=O)C(O)CCCc1ccccc1. The molecule has 5 atom stereocenters. The molecule has 1 aromatic rings. The van der Waals surface area contributed by atoms with Crippen molar-refractivity contribution in [3.8, 4) is 0 Å². The molecule has 1 aliphatic heterocycles. The average Bonchev–Trinajstić information content (AvgIpc) is 3.15. The van der Waals surface area contributed by atoms with Crippen molar-refractivity contribution >= 4 is 20.0 Å². The van der Waals surface area contributed by atoms with Gasteiger partial charge < -0.3 is 15.9 Å². The second-order valence-corrected chi connectivity index (χ2v) is 9.60. The first-order valence-electron chi connectivity index (χ1n) is 11.0. The Kier molecular flexibility index (Phi) is 10.2. The number of carbonyl (C=O) groups is 2. The molecule has 1 fully saturated rings. The molecule has 0 saturated carbocycles. The Balaban J connectivity index is 2.02. The minimum absolute atomic E-state index is 0.197. The Hall–Kier alpha value is -1.70. The number of aryl methyl sites for hydroxylation is 1. The number of carboxylic acid groups (broad SMARTS) is 1. The summed E-state index contributed by atoms with van der Waals surface area (Å²) in [6, 6.07) is 9.40. The Morgan fingerprint density at radius 2 is 1.94 bits per heavy atom. The lowest BCUT2D eigenvalue weighted by molar-refractivity contribution is -0.794. The van der Waals surface area contributed by atoms with E-state index in [1.54, 1.807) is 6.92 Å². The fourth-order valence-corrected chi connectivity index (χ4v) is 5.15. The van der Waals surface area contributed by atoms with Crippen molar-refractivity contribution in [1.29, 1.82) is 0 Å². The van der Waals surface area contributed by atoms with Crippen molar-refractivity contribution in [2.24, 2.45) is 5.73 Å². The van der Waals surface area contributed by atoms with Crippen LogP contribution >= 0.6 is 8.03 Å². The summed E-state index contributed by atoms with van der Waals surface area (Å²) in [5.74, 6) is -1.80. The van der Waals surface area contributed by atoms with Crippen LogP contribution in [0.1, 0.15) is 57.4 Å². The van der Waals surface area contributed by atoms with E-state index in [1.807, 2.05) is 30.3 Å². The molecule has 2 rings (SSSR count). The third kappa shape index (κ3) is 6.64. The van der Waals surface area contributed by atoms with E-state index in [0.29, 0.717) is 38.6 Å². The number of rotatable bonds is 12. The summed E-state index contributed by atoms with van der Waals surface area (Å²) in [5, 5.41) is 20.2. The fraction of sp³-hybridized carbons (Fsp3) is 0.636. The number of quaternary nitrogens is 1. The van der Waals surface area contributed by atoms with E-state index in [0.717, 1.165) is 12.0 Å². The molecule has 1 heterocycles. The van der Waals surface area contributed by atoms with Crippen LogP contribution in [0.25, 0.3) is 0 Å². The number of aliphatic hydroxyl groups excluding tert-OH is 1. The van der Waals surface area contributed by atoms with E-state index < -0.39 is 36.5 Å². The number of aliphatic hydroxyl groups is 1. The standard InChI is InChI=1S/C22H34N2O6P/c1-17-9-8-16-24(17,22(27)28)21(26)19(13-5-6-15-23)30-31(29)20(25)14-7-12-18-10-3-2-4-11-18/h2-4,10-11,17,19-20,25H,5-9,12-16,23H2,1H3/q+1/p+1/t17?,19?,20?,24-/m0/s1. The summed E-state index contributed by atoms with van der Waals surface area (Å²) >= 11 is 0. The molecule has 1 aliphatic rings. The number of nitrogens with two attached hydrogens (primary N) is 1. The minimum atomic E-state index is -2.53. The van der Waals surface area contributed by atoms with Gasteiger partial charge in [0.2, 0.25) is 6.10 Å². The third-order valence-electron chi connectivity index (χ3n) is 6.06. The van der Waals surface area contributed by atoms with Crippen LogP contribution in [-0.2, 0) is 20.3 Å². The van der Waals surface area contributed by atoms with Crippen molar-refractivity contribution in [1.82, 2.24) is 0 Å². The van der Waals surface area contributed by atoms with Crippen LogP contribution in [0.4, 0.5) is 4.79 Å². The summed E-state index contributed by atoms with van der Waals surface area (Å²) in [6.07, 6.45) is 1.95. The molecule has 4 N–H and O–H groups in total. The molecule has 0 bridgehead atoms. The van der Waals surface area contributed by atoms with Crippen molar-refractivity contribution in [3.63, 3.8) is 0 Å². The first-order chi connectivity index (χ1) is 14.8. The number of benzene rings is 1. The molecule has 8 nitrogen and oxygen atoms in total. The summed E-state index contributed by atoms with van der Waals surface area (Å²) in [7, 11) is -2.53. The Morgan fingerprint density at radius 1 is 1.23 bits per heavy atom. The smallest absolute Gasteiger partial charge is 0.435 e. The highest BCUT2D eigenvalue weighted by molar-refractivity contribution is 7.39. The molecule has 9 heteroatoms. The predicted molar refractivity (Wildman–Crippen MR) is 118 cm³/mol. The van der Waals surface area contributed by atoms with Crippen molar-refractivity contribution in [2.45, 2.75) is 76.3 Å². The van der Waals surface area contributed by atoms with Gasteiger partial charge in [-0.05, 0) is 55.7 Å². The highest BCUT2D eigenvalue weighted by atomic mass is 31.1. The minimum Gasteiger partial charge on any atom is -0.435 e. The number of likely N-dealkylation sites (tertiary alicyclic amines) is 1. The van der Waals surface area contributed by atoms with Gasteiger partial charge in [-0.25, -0.2) is 4.79 Å². The van der Waals surface area contributed by atoms with Crippen LogP contribution in [0.2, 0.25) is 0 Å². The van der Waals surface area contributed by atoms with E-state index in [1.165, 1.54) is 0 Å². The molecular weight excluding hydrogens is 419 g/mol. The topological polar surface area (TPSA) is 127 Å². The first kappa shape index (κ1) is 25.6. The number of hydrogen-bond donors (Lipinski definition) is 3. The maximum Gasteiger partial charge on any atom is 0.541 e. The van der Waals surface area contributed by atoms with Gasteiger partial charge >= 0.3 is 20.0 Å². The van der Waals surface area contributed by atoms with Gasteiger partial charge in [0.15, 0.2) is 0 Å². The van der Waals surface area contributed by atoms with Crippen LogP contribution in [0.15, 0.2) is 30.3 Å². The molecule has 0 aromatic heterocycles. The highest BCUT2D eigenvalue weighted by Gasteiger charge is 2.57. The van der Waals surface area contributed by atoms with Gasteiger partial charge in [-0.3, -0.25) is 0 Å². The summed E-state index contributed by atoms with van der Waals surface area (Å²) in [6.45, 7) is 2.38. The van der Waals surface area contributed by atoms with Gasteiger partial charge in [-0.1, -0.05) is 30.3 Å². The second-order valence-electron chi connectivity index (χ2n) is 8.23. The van der Waals surface area contributed by atoms with Gasteiger partial charge in [0.1, 0.15) is 6.04 Å². The third-order valence-corrected chi connectivity index (χ3v) is 7.27. The average molecular weight is 455 g/mol. The van der Waals surface area contributed by atoms with Crippen LogP contribution in [-0.4, -0.2) is 57.8 Å².